The van der Waals surface area contributed by atoms with Crippen LogP contribution in [-0.4, -0.2) is 34.6 Å². The number of amidine groups is 2. The van der Waals surface area contributed by atoms with Gasteiger partial charge < -0.3 is 9.80 Å². The summed E-state index contributed by atoms with van der Waals surface area (Å²) in [7, 11) is 0. The maximum absolute atomic E-state index is 5.39. The van der Waals surface area contributed by atoms with Gasteiger partial charge in [-0.05, 0) is 72.2 Å². The number of thiophene rings is 1. The smallest absolute Gasteiger partial charge is 0.105 e. The first kappa shape index (κ1) is 36.3. The van der Waals surface area contributed by atoms with E-state index in [1.54, 1.807) is 0 Å². The summed E-state index contributed by atoms with van der Waals surface area (Å²) in [5, 5.41) is 2.53. The van der Waals surface area contributed by atoms with E-state index in [0.717, 1.165) is 63.2 Å². The third-order valence-corrected chi connectivity index (χ3v) is 10.0. The number of fused-ring (bicyclic) bond motifs is 3. The van der Waals surface area contributed by atoms with Crippen LogP contribution in [0.5, 0.6) is 0 Å². The van der Waals surface area contributed by atoms with Crippen molar-refractivity contribution in [2.75, 3.05) is 13.1 Å². The fraction of sp³-hybridized carbons (Fsp3) is 0.409. The van der Waals surface area contributed by atoms with Crippen molar-refractivity contribution in [2.45, 2.75) is 93.2 Å². The van der Waals surface area contributed by atoms with E-state index < -0.39 is 0 Å². The van der Waals surface area contributed by atoms with Gasteiger partial charge in [-0.15, -0.1) is 11.3 Å². The molecular formula is C44H56N4S. The summed E-state index contributed by atoms with van der Waals surface area (Å²) in [4.78, 5) is 15.8. The molecule has 0 spiro atoms. The second kappa shape index (κ2) is 18.2. The Balaban J connectivity index is 1.53. The van der Waals surface area contributed by atoms with Gasteiger partial charge in [0.05, 0.1) is 11.4 Å². The monoisotopic (exact) mass is 672 g/mol. The maximum Gasteiger partial charge on any atom is 0.105 e. The van der Waals surface area contributed by atoms with Crippen LogP contribution in [0, 0.1) is 11.8 Å². The molecule has 0 amide bonds. The topological polar surface area (TPSA) is 31.2 Å². The lowest BCUT2D eigenvalue weighted by Crippen LogP contribution is -2.32. The molecule has 0 radical (unpaired) electrons. The molecule has 5 aromatic rings. The second-order valence-electron chi connectivity index (χ2n) is 14.2. The van der Waals surface area contributed by atoms with Crippen LogP contribution in [0.25, 0.3) is 20.2 Å². The zero-order valence-corrected chi connectivity index (χ0v) is 31.5. The van der Waals surface area contributed by atoms with Crippen LogP contribution in [0.1, 0.15) is 91.2 Å². The predicted octanol–water partition coefficient (Wildman–Crippen LogP) is 12.8. The molecule has 0 aliphatic heterocycles. The van der Waals surface area contributed by atoms with E-state index >= 15 is 0 Å². The van der Waals surface area contributed by atoms with Crippen molar-refractivity contribution >= 4 is 54.6 Å². The Kier molecular flexibility index (Phi) is 13.5. The van der Waals surface area contributed by atoms with E-state index in [9.17, 15) is 0 Å². The van der Waals surface area contributed by atoms with E-state index in [0.29, 0.717) is 11.8 Å². The molecule has 4 aromatic carbocycles. The van der Waals surface area contributed by atoms with Crippen LogP contribution >= 0.6 is 11.3 Å². The molecule has 0 fully saturated rings. The van der Waals surface area contributed by atoms with Crippen molar-refractivity contribution < 1.29 is 0 Å². The van der Waals surface area contributed by atoms with Crippen molar-refractivity contribution in [3.63, 3.8) is 0 Å². The minimum Gasteiger partial charge on any atom is -0.356 e. The SMILES string of the molecule is CCCCN(Cc1ccccc1)C(CC(C)C)=Nc1ccc2sc3ccc(N=C(CC(C)C)N(CCCC)Cc4ccccc4)cc3c2c1. The van der Waals surface area contributed by atoms with E-state index in [-0.39, 0.29) is 0 Å². The maximum atomic E-state index is 5.39. The minimum absolute atomic E-state index is 0.517. The first-order valence-electron chi connectivity index (χ1n) is 18.5. The first-order chi connectivity index (χ1) is 23.8. The third kappa shape index (κ3) is 10.5. The molecule has 0 atom stereocenters. The van der Waals surface area contributed by atoms with Gasteiger partial charge >= 0.3 is 0 Å². The number of nitrogens with zero attached hydrogens (tertiary/aromatic N) is 4. The van der Waals surface area contributed by atoms with E-state index in [4.69, 9.17) is 9.98 Å². The van der Waals surface area contributed by atoms with E-state index in [2.05, 4.69) is 148 Å². The molecule has 1 aromatic heterocycles. The fourth-order valence-corrected chi connectivity index (χ4v) is 7.38. The molecule has 0 unspecified atom stereocenters. The number of rotatable bonds is 16. The molecule has 49 heavy (non-hydrogen) atoms. The van der Waals surface area contributed by atoms with Crippen molar-refractivity contribution in [3.05, 3.63) is 108 Å². The molecule has 0 saturated heterocycles. The zero-order valence-electron chi connectivity index (χ0n) is 30.7. The average Bonchev–Trinajstić information content (AvgIpc) is 3.45. The van der Waals surface area contributed by atoms with Crippen LogP contribution in [-0.2, 0) is 13.1 Å². The van der Waals surface area contributed by atoms with Gasteiger partial charge in [0.15, 0.2) is 0 Å². The van der Waals surface area contributed by atoms with Crippen LogP contribution in [0.4, 0.5) is 11.4 Å². The van der Waals surface area contributed by atoms with Gasteiger partial charge in [0.25, 0.3) is 0 Å². The number of aliphatic imine (C=N–C) groups is 2. The molecule has 0 bridgehead atoms. The third-order valence-electron chi connectivity index (χ3n) is 8.86. The summed E-state index contributed by atoms with van der Waals surface area (Å²) in [5.41, 5.74) is 4.72. The lowest BCUT2D eigenvalue weighted by atomic mass is 10.1. The van der Waals surface area contributed by atoms with Gasteiger partial charge in [-0.2, -0.15) is 0 Å². The van der Waals surface area contributed by atoms with Crippen LogP contribution in [0.2, 0.25) is 0 Å². The van der Waals surface area contributed by atoms with E-state index in [1.807, 2.05) is 11.3 Å². The van der Waals surface area contributed by atoms with Crippen LogP contribution < -0.4 is 0 Å². The Hall–Kier alpha value is -3.96. The Morgan fingerprint density at radius 1 is 0.571 bits per heavy atom. The average molecular weight is 673 g/mol. The summed E-state index contributed by atoms with van der Waals surface area (Å²) in [6.45, 7) is 17.5. The van der Waals surface area contributed by atoms with Gasteiger partial charge in [0, 0.05) is 59.2 Å². The fourth-order valence-electron chi connectivity index (χ4n) is 6.32. The molecule has 0 saturated carbocycles. The van der Waals surface area contributed by atoms with Crippen molar-refractivity contribution in [3.8, 4) is 0 Å². The summed E-state index contributed by atoms with van der Waals surface area (Å²) < 4.78 is 2.59. The highest BCUT2D eigenvalue weighted by atomic mass is 32.1. The Morgan fingerprint density at radius 2 is 0.980 bits per heavy atom. The van der Waals surface area contributed by atoms with Gasteiger partial charge in [0.2, 0.25) is 0 Å². The number of benzene rings is 4. The van der Waals surface area contributed by atoms with Crippen molar-refractivity contribution in [2.24, 2.45) is 21.8 Å². The zero-order chi connectivity index (χ0) is 34.6. The largest absolute Gasteiger partial charge is 0.356 e. The van der Waals surface area contributed by atoms with Gasteiger partial charge in [0.1, 0.15) is 11.7 Å². The molecular weight excluding hydrogens is 617 g/mol. The predicted molar refractivity (Wildman–Crippen MR) is 216 cm³/mol. The van der Waals surface area contributed by atoms with E-state index in [1.165, 1.54) is 55.8 Å². The van der Waals surface area contributed by atoms with Crippen molar-refractivity contribution in [1.29, 1.82) is 0 Å². The van der Waals surface area contributed by atoms with Crippen LogP contribution in [0.15, 0.2) is 107 Å². The Labute approximate surface area is 299 Å². The highest BCUT2D eigenvalue weighted by molar-refractivity contribution is 7.25. The van der Waals surface area contributed by atoms with Crippen LogP contribution in [0.3, 0.4) is 0 Å². The molecule has 0 N–H and O–H groups in total. The minimum atomic E-state index is 0.517. The summed E-state index contributed by atoms with van der Waals surface area (Å²) in [6.07, 6.45) is 6.55. The Bertz CT molecular complexity index is 1670. The number of hydrogen-bond acceptors (Lipinski definition) is 3. The normalized spacial score (nSPS) is 12.5. The Morgan fingerprint density at radius 3 is 1.35 bits per heavy atom. The van der Waals surface area contributed by atoms with Gasteiger partial charge in [-0.3, -0.25) is 0 Å². The highest BCUT2D eigenvalue weighted by Gasteiger charge is 2.17. The molecule has 5 rings (SSSR count). The summed E-state index contributed by atoms with van der Waals surface area (Å²) in [5.74, 6) is 3.40. The summed E-state index contributed by atoms with van der Waals surface area (Å²) in [6, 6.07) is 35.2. The second-order valence-corrected chi connectivity index (χ2v) is 15.3. The molecule has 258 valence electrons. The molecule has 0 aliphatic carbocycles. The molecule has 4 nitrogen and oxygen atoms in total. The lowest BCUT2D eigenvalue weighted by molar-refractivity contribution is 0.387. The summed E-state index contributed by atoms with van der Waals surface area (Å²) >= 11 is 1.86. The standard InChI is InChI=1S/C44H56N4S/c1-7-9-25-47(31-35-17-13-11-14-18-35)43(27-33(3)4)45-37-21-23-41-39(29-37)40-30-38(22-24-42(40)49-41)46-44(28-34(5)6)48(26-10-8-2)32-36-19-15-12-16-20-36/h11-24,29-30,33-34H,7-10,25-28,31-32H2,1-6H3. The molecule has 0 aliphatic rings. The highest BCUT2D eigenvalue weighted by Crippen LogP contribution is 2.38. The lowest BCUT2D eigenvalue weighted by Gasteiger charge is -2.28. The first-order valence-corrected chi connectivity index (χ1v) is 19.3. The molecule has 1 heterocycles. The van der Waals surface area contributed by atoms with Crippen molar-refractivity contribution in [1.82, 2.24) is 9.80 Å². The van der Waals surface area contributed by atoms with Gasteiger partial charge in [-0.1, -0.05) is 115 Å². The van der Waals surface area contributed by atoms with Gasteiger partial charge in [-0.25, -0.2) is 9.98 Å². The quantitative estimate of drug-likeness (QED) is 0.0771. The number of unbranched alkanes of at least 4 members (excludes halogenated alkanes) is 2. The number of hydrogen-bond donors (Lipinski definition) is 0. The molecule has 5 heteroatoms.